The second-order valence-corrected chi connectivity index (χ2v) is 5.21. The van der Waals surface area contributed by atoms with Gasteiger partial charge in [0.1, 0.15) is 0 Å². The molecule has 0 saturated heterocycles. The van der Waals surface area contributed by atoms with E-state index < -0.39 is 0 Å². The van der Waals surface area contributed by atoms with Crippen LogP contribution in [0.15, 0.2) is 24.3 Å². The number of rotatable bonds is 1. The number of benzene rings is 3. The van der Waals surface area contributed by atoms with E-state index in [9.17, 15) is 15.3 Å². The van der Waals surface area contributed by atoms with Crippen LogP contribution in [0.5, 0.6) is 23.0 Å². The summed E-state index contributed by atoms with van der Waals surface area (Å²) in [6, 6.07) is 6.57. The quantitative estimate of drug-likeness (QED) is 0.470. The summed E-state index contributed by atoms with van der Waals surface area (Å²) in [5.41, 5.74) is 1.89. The van der Waals surface area contributed by atoms with Gasteiger partial charge in [0.15, 0.2) is 23.0 Å². The van der Waals surface area contributed by atoms with Crippen LogP contribution in [0, 0.1) is 13.8 Å². The minimum absolute atomic E-state index is 0.0786. The summed E-state index contributed by atoms with van der Waals surface area (Å²) < 4.78 is 5.16. The van der Waals surface area contributed by atoms with Gasteiger partial charge in [-0.2, -0.15) is 0 Å². The second-order valence-electron chi connectivity index (χ2n) is 5.21. The Morgan fingerprint density at radius 1 is 0.667 bits per heavy atom. The van der Waals surface area contributed by atoms with E-state index in [1.54, 1.807) is 24.3 Å². The summed E-state index contributed by atoms with van der Waals surface area (Å²) in [5, 5.41) is 33.0. The molecule has 0 aliphatic carbocycles. The number of hydrogen-bond acceptors (Lipinski definition) is 4. The van der Waals surface area contributed by atoms with Crippen LogP contribution in [-0.2, 0) is 0 Å². The molecule has 21 heavy (non-hydrogen) atoms. The van der Waals surface area contributed by atoms with Gasteiger partial charge in [-0.1, -0.05) is 0 Å². The number of hydrogen-bond donors (Lipinski definition) is 3. The second kappa shape index (κ2) is 4.45. The summed E-state index contributed by atoms with van der Waals surface area (Å²) in [6.45, 7) is 3.86. The van der Waals surface area contributed by atoms with Crippen molar-refractivity contribution in [3.8, 4) is 23.0 Å². The summed E-state index contributed by atoms with van der Waals surface area (Å²) in [6.07, 6.45) is 0. The largest absolute Gasteiger partial charge is 0.504 e. The maximum absolute atomic E-state index is 9.98. The molecule has 108 valence electrons. The average Bonchev–Trinajstić information content (AvgIpc) is 2.46. The number of aryl methyl sites for hydroxylation is 2. The van der Waals surface area contributed by atoms with Gasteiger partial charge < -0.3 is 20.1 Å². The van der Waals surface area contributed by atoms with Crippen LogP contribution in [0.25, 0.3) is 21.5 Å². The Morgan fingerprint density at radius 2 is 1.05 bits per heavy atom. The first-order valence-corrected chi connectivity index (χ1v) is 6.59. The van der Waals surface area contributed by atoms with Crippen LogP contribution in [0.2, 0.25) is 0 Å². The minimum atomic E-state index is -0.151. The fraction of sp³-hybridized carbons (Fsp3) is 0.176. The van der Waals surface area contributed by atoms with Crippen molar-refractivity contribution in [3.63, 3.8) is 0 Å². The highest BCUT2D eigenvalue weighted by Crippen LogP contribution is 2.41. The Hall–Kier alpha value is -2.62. The number of ether oxygens (including phenoxy) is 1. The molecule has 0 heterocycles. The highest BCUT2D eigenvalue weighted by Gasteiger charge is 2.14. The summed E-state index contributed by atoms with van der Waals surface area (Å²) >= 11 is 0. The number of fused-ring (bicyclic) bond motifs is 2. The molecule has 3 aromatic carbocycles. The zero-order valence-electron chi connectivity index (χ0n) is 12.1. The molecular formula is C17H16O4. The summed E-state index contributed by atoms with van der Waals surface area (Å²) in [7, 11) is 1.51. The highest BCUT2D eigenvalue weighted by molar-refractivity contribution is 6.07. The normalized spacial score (nSPS) is 11.2. The SMILES string of the molecule is COc1cc2c(C)c3cc(O)c(O)cc3c(C)c2cc1O. The Labute approximate surface area is 121 Å². The van der Waals surface area contributed by atoms with E-state index in [1.807, 2.05) is 13.8 Å². The molecule has 0 unspecified atom stereocenters. The predicted octanol–water partition coefficient (Wildman–Crippen LogP) is 3.74. The standard InChI is InChI=1S/C17H16O4/c1-8-10-4-14(18)15(19)5-11(10)9(2)13-7-17(21-3)16(20)6-12(8)13/h4-7,18-20H,1-3H3. The zero-order valence-corrected chi connectivity index (χ0v) is 12.1. The molecular weight excluding hydrogens is 268 g/mol. The molecule has 0 amide bonds. The highest BCUT2D eigenvalue weighted by atomic mass is 16.5. The fourth-order valence-electron chi connectivity index (χ4n) is 2.84. The Balaban J connectivity index is 2.56. The van der Waals surface area contributed by atoms with Crippen molar-refractivity contribution in [1.29, 1.82) is 0 Å². The summed E-state index contributed by atoms with van der Waals surface area (Å²) in [5.74, 6) is 0.194. The Bertz CT molecular complexity index is 881. The molecule has 0 radical (unpaired) electrons. The zero-order chi connectivity index (χ0) is 15.3. The lowest BCUT2D eigenvalue weighted by atomic mass is 9.92. The van der Waals surface area contributed by atoms with Gasteiger partial charge in [0.25, 0.3) is 0 Å². The van der Waals surface area contributed by atoms with Gasteiger partial charge in [-0.3, -0.25) is 0 Å². The molecule has 0 saturated carbocycles. The lowest BCUT2D eigenvalue weighted by Crippen LogP contribution is -1.91. The van der Waals surface area contributed by atoms with Gasteiger partial charge in [-0.05, 0) is 70.8 Å². The molecule has 0 atom stereocenters. The van der Waals surface area contributed by atoms with Crippen LogP contribution < -0.4 is 4.74 Å². The van der Waals surface area contributed by atoms with Crippen molar-refractivity contribution < 1.29 is 20.1 Å². The molecule has 0 fully saturated rings. The van der Waals surface area contributed by atoms with Gasteiger partial charge in [-0.25, -0.2) is 0 Å². The lowest BCUT2D eigenvalue weighted by Gasteiger charge is -2.15. The van der Waals surface area contributed by atoms with Crippen molar-refractivity contribution in [2.24, 2.45) is 0 Å². The number of aromatic hydroxyl groups is 3. The number of phenolic OH excluding ortho intramolecular Hbond substituents is 3. The van der Waals surface area contributed by atoms with E-state index in [0.29, 0.717) is 5.75 Å². The third-order valence-corrected chi connectivity index (χ3v) is 4.05. The molecule has 3 rings (SSSR count). The van der Waals surface area contributed by atoms with Crippen molar-refractivity contribution >= 4 is 21.5 Å². The third-order valence-electron chi connectivity index (χ3n) is 4.05. The maximum Gasteiger partial charge on any atom is 0.161 e. The number of methoxy groups -OCH3 is 1. The maximum atomic E-state index is 9.98. The molecule has 4 nitrogen and oxygen atoms in total. The van der Waals surface area contributed by atoms with E-state index >= 15 is 0 Å². The van der Waals surface area contributed by atoms with Crippen molar-refractivity contribution in [3.05, 3.63) is 35.4 Å². The van der Waals surface area contributed by atoms with Crippen LogP contribution in [0.1, 0.15) is 11.1 Å². The third kappa shape index (κ3) is 1.83. The van der Waals surface area contributed by atoms with Crippen LogP contribution in [0.4, 0.5) is 0 Å². The van der Waals surface area contributed by atoms with Crippen LogP contribution in [0.3, 0.4) is 0 Å². The fourth-order valence-corrected chi connectivity index (χ4v) is 2.84. The van der Waals surface area contributed by atoms with Gasteiger partial charge in [0.2, 0.25) is 0 Å². The average molecular weight is 284 g/mol. The van der Waals surface area contributed by atoms with Gasteiger partial charge in [0, 0.05) is 0 Å². The van der Waals surface area contributed by atoms with E-state index in [4.69, 9.17) is 4.74 Å². The van der Waals surface area contributed by atoms with Gasteiger partial charge >= 0.3 is 0 Å². The Morgan fingerprint density at radius 3 is 1.48 bits per heavy atom. The first-order chi connectivity index (χ1) is 9.93. The molecule has 0 aromatic heterocycles. The van der Waals surface area contributed by atoms with Crippen LogP contribution in [-0.4, -0.2) is 22.4 Å². The van der Waals surface area contributed by atoms with E-state index in [0.717, 1.165) is 32.7 Å². The topological polar surface area (TPSA) is 69.9 Å². The minimum Gasteiger partial charge on any atom is -0.504 e. The summed E-state index contributed by atoms with van der Waals surface area (Å²) in [4.78, 5) is 0. The van der Waals surface area contributed by atoms with E-state index in [2.05, 4.69) is 0 Å². The van der Waals surface area contributed by atoms with Crippen molar-refractivity contribution in [1.82, 2.24) is 0 Å². The molecule has 0 bridgehead atoms. The smallest absolute Gasteiger partial charge is 0.161 e. The van der Waals surface area contributed by atoms with E-state index in [-0.39, 0.29) is 17.2 Å². The van der Waals surface area contributed by atoms with Crippen LogP contribution >= 0.6 is 0 Å². The van der Waals surface area contributed by atoms with Crippen molar-refractivity contribution in [2.45, 2.75) is 13.8 Å². The van der Waals surface area contributed by atoms with E-state index in [1.165, 1.54) is 7.11 Å². The molecule has 4 heteroatoms. The van der Waals surface area contributed by atoms with Gasteiger partial charge in [0.05, 0.1) is 7.11 Å². The van der Waals surface area contributed by atoms with Gasteiger partial charge in [-0.15, -0.1) is 0 Å². The Kier molecular flexibility index (Phi) is 2.83. The molecule has 0 spiro atoms. The number of phenols is 3. The monoisotopic (exact) mass is 284 g/mol. The first-order valence-electron chi connectivity index (χ1n) is 6.59. The first kappa shape index (κ1) is 13.4. The molecule has 0 aliphatic rings. The lowest BCUT2D eigenvalue weighted by molar-refractivity contribution is 0.374. The molecule has 3 aromatic rings. The predicted molar refractivity (Wildman–Crippen MR) is 82.5 cm³/mol. The molecule has 3 N–H and O–H groups in total. The van der Waals surface area contributed by atoms with Crippen molar-refractivity contribution in [2.75, 3.05) is 7.11 Å². The molecule has 0 aliphatic heterocycles.